The van der Waals surface area contributed by atoms with E-state index < -0.39 is 23.7 Å². The number of hydrogen-bond donors (Lipinski definition) is 3. The van der Waals surface area contributed by atoms with Gasteiger partial charge in [-0.1, -0.05) is 0 Å². The van der Waals surface area contributed by atoms with Crippen LogP contribution in [0, 0.1) is 0 Å². The summed E-state index contributed by atoms with van der Waals surface area (Å²) in [5, 5.41) is 8.67. The molecule has 0 aliphatic carbocycles. The molecule has 2 saturated heterocycles. The lowest BCUT2D eigenvalue weighted by Crippen LogP contribution is -2.41. The first-order valence-corrected chi connectivity index (χ1v) is 10.4. The lowest BCUT2D eigenvalue weighted by Gasteiger charge is -2.22. The summed E-state index contributed by atoms with van der Waals surface area (Å²) < 4.78 is 34.5. The summed E-state index contributed by atoms with van der Waals surface area (Å²) >= 11 is 0. The Hall–Kier alpha value is -1.68. The first kappa shape index (κ1) is 26.4. The maximum Gasteiger partial charge on any atom is 0.407 e. The van der Waals surface area contributed by atoms with Crippen LogP contribution in [0.4, 0.5) is 18.4 Å². The second kappa shape index (κ2) is 11.6. The van der Waals surface area contributed by atoms with E-state index in [2.05, 4.69) is 16.0 Å². The van der Waals surface area contributed by atoms with Gasteiger partial charge in [0, 0.05) is 31.7 Å². The summed E-state index contributed by atoms with van der Waals surface area (Å²) in [6, 6.07) is 0.137. The van der Waals surface area contributed by atoms with Gasteiger partial charge in [-0.2, -0.15) is 0 Å². The van der Waals surface area contributed by atoms with Crippen LogP contribution < -0.4 is 16.0 Å². The molecular weight excluding hydrogens is 398 g/mol. The SMILES string of the molecule is CC(C)(C)OC(=O)N[C@@H]1CCN(CC(F)F)C1.CC(C)(C)OC(=O)N[C@@H]1CCNC1. The van der Waals surface area contributed by atoms with Gasteiger partial charge in [-0.25, -0.2) is 18.4 Å². The first-order valence-electron chi connectivity index (χ1n) is 10.4. The Morgan fingerprint density at radius 2 is 1.53 bits per heavy atom. The predicted octanol–water partition coefficient (Wildman–Crippen LogP) is 2.72. The summed E-state index contributed by atoms with van der Waals surface area (Å²) in [6.45, 7) is 13.6. The smallest absolute Gasteiger partial charge is 0.407 e. The van der Waals surface area contributed by atoms with Crippen LogP contribution in [0.15, 0.2) is 0 Å². The second-order valence-corrected chi connectivity index (χ2v) is 9.62. The van der Waals surface area contributed by atoms with Gasteiger partial charge >= 0.3 is 12.2 Å². The molecule has 30 heavy (non-hydrogen) atoms. The summed E-state index contributed by atoms with van der Waals surface area (Å²) in [6.07, 6.45) is -1.46. The van der Waals surface area contributed by atoms with Crippen molar-refractivity contribution in [2.75, 3.05) is 32.7 Å². The Labute approximate surface area is 178 Å². The van der Waals surface area contributed by atoms with Crippen molar-refractivity contribution in [1.29, 1.82) is 0 Å². The Balaban J connectivity index is 0.000000311. The van der Waals surface area contributed by atoms with Crippen molar-refractivity contribution in [3.8, 4) is 0 Å². The highest BCUT2D eigenvalue weighted by atomic mass is 19.3. The molecule has 0 aromatic rings. The standard InChI is InChI=1S/C11H20F2N2O2.C9H18N2O2/c1-11(2,3)17-10(16)14-8-4-5-15(6-8)7-9(12)13;1-9(2,3)13-8(12)11-7-4-5-10-6-7/h8-9H,4-7H2,1-3H3,(H,14,16);7,10H,4-6H2,1-3H3,(H,11,12)/t8-;7-/m11/s1. The summed E-state index contributed by atoms with van der Waals surface area (Å²) in [7, 11) is 0. The molecule has 0 aromatic carbocycles. The Morgan fingerprint density at radius 3 is 1.97 bits per heavy atom. The van der Waals surface area contributed by atoms with E-state index in [-0.39, 0.29) is 24.7 Å². The zero-order chi connectivity index (χ0) is 22.9. The molecule has 2 aliphatic heterocycles. The van der Waals surface area contributed by atoms with Crippen molar-refractivity contribution in [2.45, 2.75) is 84.1 Å². The van der Waals surface area contributed by atoms with Gasteiger partial charge in [-0.15, -0.1) is 0 Å². The van der Waals surface area contributed by atoms with Gasteiger partial charge in [0.05, 0.1) is 6.54 Å². The topological polar surface area (TPSA) is 91.9 Å². The second-order valence-electron chi connectivity index (χ2n) is 9.62. The van der Waals surface area contributed by atoms with Gasteiger partial charge in [-0.3, -0.25) is 4.90 Å². The molecule has 2 aliphatic rings. The van der Waals surface area contributed by atoms with E-state index in [1.165, 1.54) is 0 Å². The fourth-order valence-electron chi connectivity index (χ4n) is 3.04. The number of carbonyl (C=O) groups excluding carboxylic acids is 2. The first-order chi connectivity index (χ1) is 13.7. The van der Waals surface area contributed by atoms with Gasteiger partial charge in [0.2, 0.25) is 0 Å². The van der Waals surface area contributed by atoms with Gasteiger partial charge in [0.25, 0.3) is 6.43 Å². The number of likely N-dealkylation sites (tertiary alicyclic amines) is 1. The highest BCUT2D eigenvalue weighted by Crippen LogP contribution is 2.13. The molecule has 2 amide bonds. The molecule has 2 atom stereocenters. The average Bonchev–Trinajstić information content (AvgIpc) is 3.15. The third kappa shape index (κ3) is 12.8. The van der Waals surface area contributed by atoms with Gasteiger partial charge in [0.1, 0.15) is 11.2 Å². The van der Waals surface area contributed by atoms with Crippen LogP contribution in [-0.2, 0) is 9.47 Å². The zero-order valence-corrected chi connectivity index (χ0v) is 19.0. The lowest BCUT2D eigenvalue weighted by atomic mass is 10.2. The number of nitrogens with zero attached hydrogens (tertiary/aromatic N) is 1. The average molecular weight is 437 g/mol. The normalized spacial score (nSPS) is 22.3. The van der Waals surface area contributed by atoms with Gasteiger partial charge in [-0.05, 0) is 60.9 Å². The Kier molecular flexibility index (Phi) is 10.2. The molecule has 0 aromatic heterocycles. The summed E-state index contributed by atoms with van der Waals surface area (Å²) in [5.74, 6) is 0. The fourth-order valence-corrected chi connectivity index (χ4v) is 3.04. The van der Waals surface area contributed by atoms with E-state index in [9.17, 15) is 18.4 Å². The molecule has 176 valence electrons. The number of carbonyl (C=O) groups is 2. The van der Waals surface area contributed by atoms with Crippen molar-refractivity contribution in [2.24, 2.45) is 0 Å². The molecule has 0 unspecified atom stereocenters. The monoisotopic (exact) mass is 436 g/mol. The van der Waals surface area contributed by atoms with Crippen LogP contribution >= 0.6 is 0 Å². The van der Waals surface area contributed by atoms with E-state index in [4.69, 9.17) is 9.47 Å². The number of alkyl carbamates (subject to hydrolysis) is 2. The Bertz CT molecular complexity index is 544. The van der Waals surface area contributed by atoms with E-state index >= 15 is 0 Å². The quantitative estimate of drug-likeness (QED) is 0.628. The maximum atomic E-state index is 12.1. The number of rotatable bonds is 4. The van der Waals surface area contributed by atoms with Crippen molar-refractivity contribution in [3.63, 3.8) is 0 Å². The lowest BCUT2D eigenvalue weighted by molar-refractivity contribution is 0.0493. The third-order valence-electron chi connectivity index (χ3n) is 4.17. The molecule has 0 saturated carbocycles. The molecule has 10 heteroatoms. The maximum absolute atomic E-state index is 12.1. The van der Waals surface area contributed by atoms with Crippen LogP contribution in [-0.4, -0.2) is 79.5 Å². The van der Waals surface area contributed by atoms with Gasteiger partial charge < -0.3 is 25.4 Å². The van der Waals surface area contributed by atoms with Gasteiger partial charge in [0.15, 0.2) is 0 Å². The predicted molar refractivity (Wildman–Crippen MR) is 111 cm³/mol. The minimum atomic E-state index is -2.32. The minimum Gasteiger partial charge on any atom is -0.444 e. The van der Waals surface area contributed by atoms with E-state index in [1.807, 2.05) is 20.8 Å². The Morgan fingerprint density at radius 1 is 1.00 bits per heavy atom. The van der Waals surface area contributed by atoms with Crippen molar-refractivity contribution in [1.82, 2.24) is 20.9 Å². The molecule has 3 N–H and O–H groups in total. The highest BCUT2D eigenvalue weighted by Gasteiger charge is 2.27. The van der Waals surface area contributed by atoms with Crippen molar-refractivity contribution in [3.05, 3.63) is 0 Å². The molecule has 0 spiro atoms. The summed E-state index contributed by atoms with van der Waals surface area (Å²) in [4.78, 5) is 24.3. The van der Waals surface area contributed by atoms with Crippen LogP contribution in [0.3, 0.4) is 0 Å². The largest absolute Gasteiger partial charge is 0.444 e. The number of alkyl halides is 2. The number of amides is 2. The van der Waals surface area contributed by atoms with Crippen molar-refractivity contribution < 1.29 is 27.8 Å². The number of nitrogens with one attached hydrogen (secondary N) is 3. The zero-order valence-electron chi connectivity index (χ0n) is 19.0. The molecular formula is C20H38F2N4O4. The van der Waals surface area contributed by atoms with E-state index in [1.54, 1.807) is 25.7 Å². The number of hydrogen-bond acceptors (Lipinski definition) is 6. The van der Waals surface area contributed by atoms with Crippen molar-refractivity contribution >= 4 is 12.2 Å². The van der Waals surface area contributed by atoms with Crippen LogP contribution in [0.1, 0.15) is 54.4 Å². The molecule has 2 heterocycles. The molecule has 0 bridgehead atoms. The van der Waals surface area contributed by atoms with E-state index in [0.29, 0.717) is 19.5 Å². The highest BCUT2D eigenvalue weighted by molar-refractivity contribution is 5.68. The molecule has 8 nitrogen and oxygen atoms in total. The molecule has 0 radical (unpaired) electrons. The molecule has 2 rings (SSSR count). The third-order valence-corrected chi connectivity index (χ3v) is 4.17. The fraction of sp³-hybridized carbons (Fsp3) is 0.900. The van der Waals surface area contributed by atoms with Crippen LogP contribution in [0.5, 0.6) is 0 Å². The number of halogens is 2. The number of ether oxygens (including phenoxy) is 2. The van der Waals surface area contributed by atoms with Crippen LogP contribution in [0.2, 0.25) is 0 Å². The molecule has 2 fully saturated rings. The summed E-state index contributed by atoms with van der Waals surface area (Å²) in [5.41, 5.74) is -0.943. The van der Waals surface area contributed by atoms with E-state index in [0.717, 1.165) is 19.5 Å². The van der Waals surface area contributed by atoms with Crippen LogP contribution in [0.25, 0.3) is 0 Å². The minimum absolute atomic E-state index is 0.0939.